The Morgan fingerprint density at radius 2 is 1.90 bits per heavy atom. The molecule has 0 atom stereocenters. The maximum absolute atomic E-state index is 12.7. The van der Waals surface area contributed by atoms with Crippen molar-refractivity contribution >= 4 is 44.8 Å². The van der Waals surface area contributed by atoms with Gasteiger partial charge in [0.05, 0.1) is 6.54 Å². The van der Waals surface area contributed by atoms with E-state index in [1.54, 1.807) is 17.2 Å². The summed E-state index contributed by atoms with van der Waals surface area (Å²) in [5, 5.41) is 3.38. The van der Waals surface area contributed by atoms with Crippen molar-refractivity contribution in [1.29, 1.82) is 0 Å². The van der Waals surface area contributed by atoms with Crippen LogP contribution in [-0.2, 0) is 18.4 Å². The quantitative estimate of drug-likeness (QED) is 0.442. The fourth-order valence-electron chi connectivity index (χ4n) is 3.94. The molecule has 3 aromatic heterocycles. The molecule has 2 aromatic carbocycles. The lowest BCUT2D eigenvalue weighted by molar-refractivity contribution is -0.125. The summed E-state index contributed by atoms with van der Waals surface area (Å²) in [6, 6.07) is 20.6. The third-order valence-electron chi connectivity index (χ3n) is 5.62. The number of hydrogen-bond acceptors (Lipinski definition) is 2. The van der Waals surface area contributed by atoms with Crippen molar-refractivity contribution in [3.8, 4) is 0 Å². The van der Waals surface area contributed by atoms with Crippen LogP contribution >= 0.6 is 0 Å². The van der Waals surface area contributed by atoms with Crippen molar-refractivity contribution in [2.75, 3.05) is 7.05 Å². The van der Waals surface area contributed by atoms with Gasteiger partial charge in [-0.25, -0.2) is 4.98 Å². The van der Waals surface area contributed by atoms with Crippen molar-refractivity contribution < 1.29 is 4.79 Å². The third-order valence-corrected chi connectivity index (χ3v) is 5.62. The van der Waals surface area contributed by atoms with E-state index in [9.17, 15) is 4.79 Å². The summed E-state index contributed by atoms with van der Waals surface area (Å²) in [6.45, 7) is 0.550. The summed E-state index contributed by atoms with van der Waals surface area (Å²) in [6.07, 6.45) is 5.22. The van der Waals surface area contributed by atoms with E-state index < -0.39 is 0 Å². The molecule has 0 spiro atoms. The zero-order valence-electron chi connectivity index (χ0n) is 17.0. The molecule has 0 radical (unpaired) electrons. The fraction of sp³-hybridized carbons (Fsp3) is 0.120. The summed E-state index contributed by atoms with van der Waals surface area (Å²) in [4.78, 5) is 22.2. The number of para-hydroxylation sites is 2. The highest BCUT2D eigenvalue weighted by Gasteiger charge is 2.11. The van der Waals surface area contributed by atoms with Gasteiger partial charge in [0.25, 0.3) is 0 Å². The average molecular weight is 394 g/mol. The van der Waals surface area contributed by atoms with Crippen LogP contribution in [0.4, 0.5) is 0 Å². The predicted molar refractivity (Wildman–Crippen MR) is 122 cm³/mol. The monoisotopic (exact) mass is 394 g/mol. The van der Waals surface area contributed by atoms with Gasteiger partial charge in [-0.3, -0.25) is 4.79 Å². The molecule has 0 aliphatic rings. The number of amides is 1. The first-order valence-corrected chi connectivity index (χ1v) is 9.93. The molecule has 148 valence electrons. The van der Waals surface area contributed by atoms with Crippen LogP contribution < -0.4 is 0 Å². The van der Waals surface area contributed by atoms with Gasteiger partial charge in [-0.2, -0.15) is 0 Å². The molecule has 0 unspecified atom stereocenters. The molecule has 30 heavy (non-hydrogen) atoms. The first-order chi connectivity index (χ1) is 14.6. The van der Waals surface area contributed by atoms with Crippen molar-refractivity contribution in [2.24, 2.45) is 7.05 Å². The van der Waals surface area contributed by atoms with Crippen LogP contribution in [0, 0.1) is 0 Å². The Balaban J connectivity index is 1.36. The number of aryl methyl sites for hydroxylation is 1. The molecule has 5 heteroatoms. The molecule has 0 bridgehead atoms. The van der Waals surface area contributed by atoms with E-state index in [4.69, 9.17) is 0 Å². The van der Waals surface area contributed by atoms with Gasteiger partial charge >= 0.3 is 0 Å². The second-order valence-electron chi connectivity index (χ2n) is 7.62. The van der Waals surface area contributed by atoms with E-state index in [1.807, 2.05) is 50.5 Å². The topological polar surface area (TPSA) is 53.9 Å². The summed E-state index contributed by atoms with van der Waals surface area (Å²) in [7, 11) is 3.86. The normalized spacial score (nSPS) is 11.8. The number of aromatic nitrogens is 3. The first kappa shape index (κ1) is 18.2. The Bertz CT molecular complexity index is 1420. The number of carbonyl (C=O) groups excluding carboxylic acids is 1. The molecule has 0 aliphatic heterocycles. The maximum Gasteiger partial charge on any atom is 0.246 e. The average Bonchev–Trinajstić information content (AvgIpc) is 3.29. The van der Waals surface area contributed by atoms with Gasteiger partial charge in [0, 0.05) is 53.9 Å². The van der Waals surface area contributed by atoms with Crippen LogP contribution in [0.1, 0.15) is 11.3 Å². The lowest BCUT2D eigenvalue weighted by atomic mass is 10.1. The van der Waals surface area contributed by atoms with Crippen LogP contribution in [0.15, 0.2) is 72.9 Å². The van der Waals surface area contributed by atoms with E-state index >= 15 is 0 Å². The van der Waals surface area contributed by atoms with Crippen LogP contribution in [0.3, 0.4) is 0 Å². The molecular weight excluding hydrogens is 372 g/mol. The zero-order chi connectivity index (χ0) is 20.7. The van der Waals surface area contributed by atoms with Crippen molar-refractivity contribution in [3.05, 3.63) is 84.2 Å². The molecule has 5 nitrogen and oxygen atoms in total. The molecule has 0 fully saturated rings. The third kappa shape index (κ3) is 3.14. The summed E-state index contributed by atoms with van der Waals surface area (Å²) in [5.41, 5.74) is 5.09. The number of fused-ring (bicyclic) bond motifs is 4. The minimum absolute atomic E-state index is 0.0423. The Morgan fingerprint density at radius 1 is 1.10 bits per heavy atom. The Morgan fingerprint density at radius 3 is 2.77 bits per heavy atom. The zero-order valence-corrected chi connectivity index (χ0v) is 17.0. The number of benzene rings is 2. The molecule has 3 heterocycles. The highest BCUT2D eigenvalue weighted by Crippen LogP contribution is 2.25. The number of carbonyl (C=O) groups is 1. The van der Waals surface area contributed by atoms with Gasteiger partial charge in [-0.15, -0.1) is 0 Å². The number of rotatable bonds is 4. The summed E-state index contributed by atoms with van der Waals surface area (Å²) in [5.74, 6) is -0.0423. The number of aromatic amines is 1. The summed E-state index contributed by atoms with van der Waals surface area (Å²) >= 11 is 0. The van der Waals surface area contributed by atoms with E-state index in [2.05, 4.69) is 44.9 Å². The van der Waals surface area contributed by atoms with Crippen LogP contribution in [-0.4, -0.2) is 32.4 Å². The van der Waals surface area contributed by atoms with E-state index in [0.717, 1.165) is 33.2 Å². The minimum atomic E-state index is -0.0423. The maximum atomic E-state index is 12.7. The number of H-pyrrole nitrogens is 1. The number of likely N-dealkylation sites (N-methyl/N-ethyl adjacent to an activating group) is 1. The Kier molecular flexibility index (Phi) is 4.36. The van der Waals surface area contributed by atoms with Gasteiger partial charge in [-0.05, 0) is 41.3 Å². The van der Waals surface area contributed by atoms with Crippen molar-refractivity contribution in [1.82, 2.24) is 19.4 Å². The van der Waals surface area contributed by atoms with Gasteiger partial charge in [-0.1, -0.05) is 36.4 Å². The van der Waals surface area contributed by atoms with E-state index in [-0.39, 0.29) is 5.91 Å². The lowest BCUT2D eigenvalue weighted by Crippen LogP contribution is -2.25. The number of hydrogen-bond donors (Lipinski definition) is 1. The van der Waals surface area contributed by atoms with E-state index in [0.29, 0.717) is 6.54 Å². The van der Waals surface area contributed by atoms with E-state index in [1.165, 1.54) is 10.9 Å². The Labute approximate surface area is 174 Å². The smallest absolute Gasteiger partial charge is 0.246 e. The molecular formula is C25H22N4O. The van der Waals surface area contributed by atoms with Crippen LogP contribution in [0.25, 0.3) is 38.9 Å². The fourth-order valence-corrected chi connectivity index (χ4v) is 3.94. The van der Waals surface area contributed by atoms with Gasteiger partial charge in [0.15, 0.2) is 0 Å². The van der Waals surface area contributed by atoms with Gasteiger partial charge in [0.1, 0.15) is 5.65 Å². The predicted octanol–water partition coefficient (Wildman–Crippen LogP) is 4.88. The van der Waals surface area contributed by atoms with Crippen molar-refractivity contribution in [2.45, 2.75) is 6.54 Å². The lowest BCUT2D eigenvalue weighted by Gasteiger charge is -2.15. The second kappa shape index (κ2) is 7.19. The van der Waals surface area contributed by atoms with Crippen LogP contribution in [0.2, 0.25) is 0 Å². The molecule has 0 saturated heterocycles. The first-order valence-electron chi connectivity index (χ1n) is 9.93. The molecule has 5 aromatic rings. The highest BCUT2D eigenvalue weighted by molar-refractivity contribution is 6.06. The molecule has 1 amide bonds. The molecule has 0 aliphatic carbocycles. The molecule has 0 saturated carbocycles. The standard InChI is InChI=1S/C25H22N4O/c1-28(16-19-14-18-7-3-6-10-23(18)29(19)2)24(30)12-11-17-13-21-20-8-4-5-9-22(20)27-25(21)26-15-17/h3-15H,16H2,1-2H3,(H,26,27). The second-order valence-corrected chi connectivity index (χ2v) is 7.62. The SMILES string of the molecule is CN(Cc1cc2ccccc2n1C)C(=O)C=Cc1cnc2[nH]c3ccccc3c2c1. The largest absolute Gasteiger partial charge is 0.346 e. The van der Waals surface area contributed by atoms with Gasteiger partial charge in [0.2, 0.25) is 5.91 Å². The number of nitrogens with zero attached hydrogens (tertiary/aromatic N) is 3. The number of pyridine rings is 1. The molecule has 5 rings (SSSR count). The van der Waals surface area contributed by atoms with Gasteiger partial charge < -0.3 is 14.5 Å². The van der Waals surface area contributed by atoms with Crippen molar-refractivity contribution in [3.63, 3.8) is 0 Å². The minimum Gasteiger partial charge on any atom is -0.346 e. The van der Waals surface area contributed by atoms with Crippen LogP contribution in [0.5, 0.6) is 0 Å². The highest BCUT2D eigenvalue weighted by atomic mass is 16.2. The summed E-state index contributed by atoms with van der Waals surface area (Å²) < 4.78 is 2.14. The molecule has 1 N–H and O–H groups in total. The number of nitrogens with one attached hydrogen (secondary N) is 1. The Hall–Kier alpha value is -3.86.